The van der Waals surface area contributed by atoms with Crippen LogP contribution in [0.25, 0.3) is 28.2 Å². The van der Waals surface area contributed by atoms with Gasteiger partial charge in [-0.1, -0.05) is 48.5 Å². The zero-order valence-electron chi connectivity index (χ0n) is 18.9. The first kappa shape index (κ1) is 22.7. The van der Waals surface area contributed by atoms with Gasteiger partial charge in [-0.05, 0) is 65.4 Å². The smallest absolute Gasteiger partial charge is 0.338 e. The Labute approximate surface area is 206 Å². The van der Waals surface area contributed by atoms with Crippen molar-refractivity contribution in [3.63, 3.8) is 0 Å². The number of carbonyl (C=O) groups is 3. The van der Waals surface area contributed by atoms with Gasteiger partial charge in [0.15, 0.2) is 0 Å². The summed E-state index contributed by atoms with van der Waals surface area (Å²) in [5.41, 5.74) is 2.13. The number of esters is 1. The zero-order valence-corrected chi connectivity index (χ0v) is 19.7. The van der Waals surface area contributed by atoms with Gasteiger partial charge < -0.3 is 9.15 Å². The van der Waals surface area contributed by atoms with Crippen LogP contribution in [-0.2, 0) is 16.1 Å². The standard InChI is InChI=1S/C28H21NO5S/c1-2-33-27(31)21-11-9-20(10-12-21)24-14-13-23(34-24)16-25-26(30)29(28(32)35-25)17-18-7-8-19-5-3-4-6-22(19)15-18/h3-16H,2,17H2,1H3/b25-16-. The van der Waals surface area contributed by atoms with E-state index in [9.17, 15) is 14.4 Å². The molecular formula is C28H21NO5S. The highest BCUT2D eigenvalue weighted by Gasteiger charge is 2.35. The molecule has 7 heteroatoms. The van der Waals surface area contributed by atoms with E-state index in [0.29, 0.717) is 28.6 Å². The van der Waals surface area contributed by atoms with Crippen molar-refractivity contribution in [2.75, 3.05) is 6.61 Å². The highest BCUT2D eigenvalue weighted by Crippen LogP contribution is 2.34. The summed E-state index contributed by atoms with van der Waals surface area (Å²) in [5, 5.41) is 1.86. The predicted octanol–water partition coefficient (Wildman–Crippen LogP) is 6.51. The number of amides is 2. The maximum Gasteiger partial charge on any atom is 0.338 e. The van der Waals surface area contributed by atoms with Crippen LogP contribution in [0.5, 0.6) is 0 Å². The molecule has 0 radical (unpaired) electrons. The highest BCUT2D eigenvalue weighted by molar-refractivity contribution is 8.18. The van der Waals surface area contributed by atoms with Crippen molar-refractivity contribution in [2.24, 2.45) is 0 Å². The third-order valence-corrected chi connectivity index (χ3v) is 6.52. The topological polar surface area (TPSA) is 76.8 Å². The summed E-state index contributed by atoms with van der Waals surface area (Å²) in [6.07, 6.45) is 1.59. The third kappa shape index (κ3) is 4.76. The number of hydrogen-bond donors (Lipinski definition) is 0. The maximum atomic E-state index is 13.0. The van der Waals surface area contributed by atoms with Crippen LogP contribution in [0.1, 0.15) is 28.6 Å². The monoisotopic (exact) mass is 483 g/mol. The van der Waals surface area contributed by atoms with Crippen LogP contribution < -0.4 is 0 Å². The van der Waals surface area contributed by atoms with Gasteiger partial charge in [0.05, 0.1) is 23.6 Å². The summed E-state index contributed by atoms with van der Waals surface area (Å²) in [6.45, 7) is 2.29. The molecule has 5 rings (SSSR count). The first-order chi connectivity index (χ1) is 17.0. The fourth-order valence-corrected chi connectivity index (χ4v) is 4.67. The van der Waals surface area contributed by atoms with Crippen molar-refractivity contribution < 1.29 is 23.5 Å². The molecule has 0 aliphatic carbocycles. The summed E-state index contributed by atoms with van der Waals surface area (Å²) in [4.78, 5) is 38.9. The van der Waals surface area contributed by atoms with Crippen molar-refractivity contribution in [1.29, 1.82) is 0 Å². The summed E-state index contributed by atoms with van der Waals surface area (Å²) in [5.74, 6) is 0.330. The molecule has 0 saturated carbocycles. The minimum Gasteiger partial charge on any atom is -0.462 e. The van der Waals surface area contributed by atoms with Gasteiger partial charge in [0, 0.05) is 11.6 Å². The molecule has 0 atom stereocenters. The van der Waals surface area contributed by atoms with Gasteiger partial charge in [-0.2, -0.15) is 0 Å². The lowest BCUT2D eigenvalue weighted by atomic mass is 10.1. The van der Waals surface area contributed by atoms with E-state index in [1.165, 1.54) is 4.90 Å². The van der Waals surface area contributed by atoms with Gasteiger partial charge >= 0.3 is 5.97 Å². The van der Waals surface area contributed by atoms with Gasteiger partial charge in [0.25, 0.3) is 11.1 Å². The second-order valence-corrected chi connectivity index (χ2v) is 8.94. The molecule has 1 aliphatic rings. The van der Waals surface area contributed by atoms with Crippen LogP contribution >= 0.6 is 11.8 Å². The van der Waals surface area contributed by atoms with E-state index >= 15 is 0 Å². The van der Waals surface area contributed by atoms with Gasteiger partial charge in [-0.25, -0.2) is 4.79 Å². The van der Waals surface area contributed by atoms with E-state index in [-0.39, 0.29) is 23.7 Å². The van der Waals surface area contributed by atoms with Gasteiger partial charge in [-0.15, -0.1) is 0 Å². The third-order valence-electron chi connectivity index (χ3n) is 5.61. The Morgan fingerprint density at radius 3 is 2.51 bits per heavy atom. The van der Waals surface area contributed by atoms with E-state index in [0.717, 1.165) is 33.7 Å². The minimum atomic E-state index is -0.376. The molecule has 1 aliphatic heterocycles. The van der Waals surface area contributed by atoms with Crippen molar-refractivity contribution >= 4 is 45.7 Å². The van der Waals surface area contributed by atoms with Crippen LogP contribution in [-0.4, -0.2) is 28.6 Å². The average Bonchev–Trinajstić information content (AvgIpc) is 3.44. The summed E-state index contributed by atoms with van der Waals surface area (Å²) >= 11 is 0.901. The quantitative estimate of drug-likeness (QED) is 0.230. The molecule has 0 bridgehead atoms. The fraction of sp³-hybridized carbons (Fsp3) is 0.107. The van der Waals surface area contributed by atoms with Crippen LogP contribution in [0.2, 0.25) is 0 Å². The van der Waals surface area contributed by atoms with E-state index in [1.807, 2.05) is 42.5 Å². The second kappa shape index (κ2) is 9.64. The lowest BCUT2D eigenvalue weighted by Crippen LogP contribution is -2.27. The van der Waals surface area contributed by atoms with Crippen molar-refractivity contribution in [3.05, 3.63) is 101 Å². The molecule has 1 saturated heterocycles. The molecule has 4 aromatic rings. The first-order valence-electron chi connectivity index (χ1n) is 11.1. The molecule has 0 unspecified atom stereocenters. The fourth-order valence-electron chi connectivity index (χ4n) is 3.86. The molecular weight excluding hydrogens is 462 g/mol. The number of furan rings is 1. The Hall–Kier alpha value is -4.10. The Morgan fingerprint density at radius 1 is 0.971 bits per heavy atom. The van der Waals surface area contributed by atoms with Gasteiger partial charge in [-0.3, -0.25) is 14.5 Å². The van der Waals surface area contributed by atoms with E-state index in [2.05, 4.69) is 0 Å². The molecule has 35 heavy (non-hydrogen) atoms. The Morgan fingerprint density at radius 2 is 1.74 bits per heavy atom. The summed E-state index contributed by atoms with van der Waals surface area (Å²) in [7, 11) is 0. The number of benzene rings is 3. The number of imide groups is 1. The molecule has 0 spiro atoms. The number of nitrogens with zero attached hydrogens (tertiary/aromatic N) is 1. The normalized spacial score (nSPS) is 14.8. The molecule has 3 aromatic carbocycles. The number of carbonyl (C=O) groups excluding carboxylic acids is 3. The lowest BCUT2D eigenvalue weighted by Gasteiger charge is -2.13. The molecule has 174 valence electrons. The van der Waals surface area contributed by atoms with Crippen LogP contribution in [0, 0.1) is 0 Å². The number of hydrogen-bond acceptors (Lipinski definition) is 6. The predicted molar refractivity (Wildman–Crippen MR) is 136 cm³/mol. The van der Waals surface area contributed by atoms with Crippen molar-refractivity contribution in [3.8, 4) is 11.3 Å². The SMILES string of the molecule is CCOC(=O)c1ccc(-c2ccc(/C=C3\SC(=O)N(Cc4ccc5ccccc5c4)C3=O)o2)cc1. The first-order valence-corrected chi connectivity index (χ1v) is 11.9. The van der Waals surface area contributed by atoms with Gasteiger partial charge in [0.2, 0.25) is 0 Å². The van der Waals surface area contributed by atoms with Crippen molar-refractivity contribution in [2.45, 2.75) is 13.5 Å². The Kier molecular flexibility index (Phi) is 6.25. The maximum absolute atomic E-state index is 13.0. The number of thioether (sulfide) groups is 1. The number of fused-ring (bicyclic) bond motifs is 1. The zero-order chi connectivity index (χ0) is 24.4. The number of ether oxygens (including phenoxy) is 1. The lowest BCUT2D eigenvalue weighted by molar-refractivity contribution is -0.123. The van der Waals surface area contributed by atoms with Crippen LogP contribution in [0.3, 0.4) is 0 Å². The van der Waals surface area contributed by atoms with Crippen LogP contribution in [0.15, 0.2) is 88.2 Å². The molecule has 6 nitrogen and oxygen atoms in total. The van der Waals surface area contributed by atoms with Gasteiger partial charge in [0.1, 0.15) is 11.5 Å². The number of rotatable bonds is 6. The second-order valence-electron chi connectivity index (χ2n) is 7.95. The Balaban J connectivity index is 1.31. The average molecular weight is 484 g/mol. The summed E-state index contributed by atoms with van der Waals surface area (Å²) in [6, 6.07) is 24.3. The van der Waals surface area contributed by atoms with E-state index < -0.39 is 0 Å². The van der Waals surface area contributed by atoms with E-state index in [1.54, 1.807) is 49.4 Å². The molecule has 1 fully saturated rings. The van der Waals surface area contributed by atoms with E-state index in [4.69, 9.17) is 9.15 Å². The molecule has 2 heterocycles. The highest BCUT2D eigenvalue weighted by atomic mass is 32.2. The largest absolute Gasteiger partial charge is 0.462 e. The van der Waals surface area contributed by atoms with Crippen molar-refractivity contribution in [1.82, 2.24) is 4.90 Å². The molecule has 2 amide bonds. The Bertz CT molecular complexity index is 1470. The van der Waals surface area contributed by atoms with Crippen LogP contribution in [0.4, 0.5) is 4.79 Å². The molecule has 1 aromatic heterocycles. The summed E-state index contributed by atoms with van der Waals surface area (Å²) < 4.78 is 10.9. The minimum absolute atomic E-state index is 0.211. The molecule has 0 N–H and O–H groups in total.